The van der Waals surface area contributed by atoms with Crippen molar-refractivity contribution in [1.82, 2.24) is 15.2 Å². The van der Waals surface area contributed by atoms with Crippen molar-refractivity contribution in [3.8, 4) is 11.6 Å². The molecule has 1 N–H and O–H groups in total. The van der Waals surface area contributed by atoms with Crippen LogP contribution in [0.25, 0.3) is 11.6 Å². The summed E-state index contributed by atoms with van der Waals surface area (Å²) >= 11 is 0. The standard InChI is InChI=1S/C8H4FN3O3/c9-4-1-2-5(10-3-4)6-11-12-7(15-6)8(13)14/h1-3H,(H,13,14). The van der Waals surface area contributed by atoms with Crippen molar-refractivity contribution in [3.05, 3.63) is 30.0 Å². The summed E-state index contributed by atoms with van der Waals surface area (Å²) in [6, 6.07) is 2.47. The van der Waals surface area contributed by atoms with E-state index in [4.69, 9.17) is 9.52 Å². The van der Waals surface area contributed by atoms with E-state index in [1.54, 1.807) is 0 Å². The van der Waals surface area contributed by atoms with Crippen molar-refractivity contribution in [1.29, 1.82) is 0 Å². The fourth-order valence-electron chi connectivity index (χ4n) is 0.915. The van der Waals surface area contributed by atoms with E-state index in [9.17, 15) is 9.18 Å². The second-order valence-electron chi connectivity index (χ2n) is 2.58. The average molecular weight is 209 g/mol. The number of aromatic carboxylic acids is 1. The van der Waals surface area contributed by atoms with Crippen LogP contribution in [-0.2, 0) is 0 Å². The first-order valence-electron chi connectivity index (χ1n) is 3.85. The third kappa shape index (κ3) is 1.80. The molecule has 0 aliphatic carbocycles. The Morgan fingerprint density at radius 3 is 2.73 bits per heavy atom. The Hall–Kier alpha value is -2.31. The van der Waals surface area contributed by atoms with E-state index < -0.39 is 17.7 Å². The Bertz CT molecular complexity index is 494. The maximum absolute atomic E-state index is 12.5. The van der Waals surface area contributed by atoms with E-state index in [0.29, 0.717) is 0 Å². The van der Waals surface area contributed by atoms with Crippen LogP contribution in [0.3, 0.4) is 0 Å². The smallest absolute Gasteiger partial charge is 0.393 e. The molecule has 0 spiro atoms. The zero-order valence-electron chi connectivity index (χ0n) is 7.22. The molecular formula is C8H4FN3O3. The zero-order chi connectivity index (χ0) is 10.8. The quantitative estimate of drug-likeness (QED) is 0.792. The molecule has 0 radical (unpaired) electrons. The molecule has 15 heavy (non-hydrogen) atoms. The van der Waals surface area contributed by atoms with Gasteiger partial charge in [-0.3, -0.25) is 0 Å². The molecule has 0 aliphatic rings. The van der Waals surface area contributed by atoms with Crippen LogP contribution in [0.15, 0.2) is 22.7 Å². The van der Waals surface area contributed by atoms with Crippen molar-refractivity contribution in [2.45, 2.75) is 0 Å². The molecule has 2 rings (SSSR count). The molecule has 76 valence electrons. The van der Waals surface area contributed by atoms with Gasteiger partial charge >= 0.3 is 11.9 Å². The van der Waals surface area contributed by atoms with Gasteiger partial charge in [0.1, 0.15) is 11.5 Å². The number of nitrogens with zero attached hydrogens (tertiary/aromatic N) is 3. The summed E-state index contributed by atoms with van der Waals surface area (Å²) in [6.07, 6.45) is 0.972. The van der Waals surface area contributed by atoms with Crippen LogP contribution in [0.4, 0.5) is 4.39 Å². The molecule has 6 nitrogen and oxygen atoms in total. The lowest BCUT2D eigenvalue weighted by Gasteiger charge is -1.91. The summed E-state index contributed by atoms with van der Waals surface area (Å²) in [5, 5.41) is 15.2. The first kappa shape index (κ1) is 9.25. The Morgan fingerprint density at radius 2 is 2.20 bits per heavy atom. The van der Waals surface area contributed by atoms with E-state index in [-0.39, 0.29) is 11.6 Å². The summed E-state index contributed by atoms with van der Waals surface area (Å²) < 4.78 is 17.3. The fourth-order valence-corrected chi connectivity index (χ4v) is 0.915. The normalized spacial score (nSPS) is 10.2. The highest BCUT2D eigenvalue weighted by molar-refractivity contribution is 5.82. The topological polar surface area (TPSA) is 89.1 Å². The molecule has 2 aromatic heterocycles. The predicted molar refractivity (Wildman–Crippen MR) is 44.4 cm³/mol. The minimum absolute atomic E-state index is 0.0626. The highest BCUT2D eigenvalue weighted by Gasteiger charge is 2.14. The Morgan fingerprint density at radius 1 is 1.40 bits per heavy atom. The number of pyridine rings is 1. The van der Waals surface area contributed by atoms with E-state index in [1.165, 1.54) is 6.07 Å². The van der Waals surface area contributed by atoms with Crippen molar-refractivity contribution in [2.75, 3.05) is 0 Å². The number of aromatic nitrogens is 3. The molecule has 7 heteroatoms. The van der Waals surface area contributed by atoms with Crippen LogP contribution in [0.1, 0.15) is 10.7 Å². The van der Waals surface area contributed by atoms with Crippen LogP contribution >= 0.6 is 0 Å². The van der Waals surface area contributed by atoms with E-state index in [0.717, 1.165) is 12.3 Å². The van der Waals surface area contributed by atoms with E-state index in [2.05, 4.69) is 15.2 Å². The van der Waals surface area contributed by atoms with Gasteiger partial charge in [0.2, 0.25) is 0 Å². The molecule has 0 saturated carbocycles. The summed E-state index contributed by atoms with van der Waals surface area (Å²) in [6.45, 7) is 0. The van der Waals surface area contributed by atoms with Crippen molar-refractivity contribution in [3.63, 3.8) is 0 Å². The van der Waals surface area contributed by atoms with Gasteiger partial charge in [0.05, 0.1) is 6.20 Å². The van der Waals surface area contributed by atoms with Crippen LogP contribution in [0.2, 0.25) is 0 Å². The lowest BCUT2D eigenvalue weighted by molar-refractivity contribution is 0.0654. The summed E-state index contributed by atoms with van der Waals surface area (Å²) in [7, 11) is 0. The SMILES string of the molecule is O=C(O)c1nnc(-c2ccc(F)cn2)o1. The highest BCUT2D eigenvalue weighted by Crippen LogP contribution is 2.14. The molecule has 0 unspecified atom stereocenters. The van der Waals surface area contributed by atoms with Gasteiger partial charge in [0.15, 0.2) is 0 Å². The lowest BCUT2D eigenvalue weighted by atomic mass is 10.3. The summed E-state index contributed by atoms with van der Waals surface area (Å²) in [5.41, 5.74) is 0.219. The maximum atomic E-state index is 12.5. The van der Waals surface area contributed by atoms with Gasteiger partial charge in [-0.05, 0) is 12.1 Å². The minimum Gasteiger partial charge on any atom is -0.474 e. The first-order chi connectivity index (χ1) is 7.16. The van der Waals surface area contributed by atoms with E-state index in [1.807, 2.05) is 0 Å². The summed E-state index contributed by atoms with van der Waals surface area (Å²) in [5.74, 6) is -2.42. The Balaban J connectivity index is 2.37. The molecule has 0 bridgehead atoms. The van der Waals surface area contributed by atoms with E-state index >= 15 is 0 Å². The number of carbonyl (C=O) groups is 1. The van der Waals surface area contributed by atoms with Crippen LogP contribution < -0.4 is 0 Å². The molecule has 2 aromatic rings. The predicted octanol–water partition coefficient (Wildman–Crippen LogP) is 0.969. The van der Waals surface area contributed by atoms with Crippen molar-refractivity contribution < 1.29 is 18.7 Å². The molecule has 0 amide bonds. The monoisotopic (exact) mass is 209 g/mol. The minimum atomic E-state index is -1.32. The number of halogens is 1. The highest BCUT2D eigenvalue weighted by atomic mass is 19.1. The van der Waals surface area contributed by atoms with Gasteiger partial charge in [-0.15, -0.1) is 10.2 Å². The van der Waals surface area contributed by atoms with Crippen LogP contribution in [0, 0.1) is 5.82 Å². The number of rotatable bonds is 2. The number of carboxylic acids is 1. The maximum Gasteiger partial charge on any atom is 0.393 e. The second kappa shape index (κ2) is 3.45. The van der Waals surface area contributed by atoms with Gasteiger partial charge in [-0.2, -0.15) is 0 Å². The third-order valence-corrected chi connectivity index (χ3v) is 1.55. The first-order valence-corrected chi connectivity index (χ1v) is 3.85. The van der Waals surface area contributed by atoms with Gasteiger partial charge in [-0.1, -0.05) is 0 Å². The lowest BCUT2D eigenvalue weighted by Crippen LogP contribution is -1.95. The summed E-state index contributed by atoms with van der Waals surface area (Å²) in [4.78, 5) is 14.1. The number of hydrogen-bond donors (Lipinski definition) is 1. The van der Waals surface area contributed by atoms with Crippen LogP contribution in [-0.4, -0.2) is 26.3 Å². The van der Waals surface area contributed by atoms with Gasteiger partial charge < -0.3 is 9.52 Å². The molecule has 0 fully saturated rings. The van der Waals surface area contributed by atoms with Crippen LogP contribution in [0.5, 0.6) is 0 Å². The molecule has 0 aliphatic heterocycles. The largest absolute Gasteiger partial charge is 0.474 e. The molecule has 2 heterocycles. The Kier molecular flexibility index (Phi) is 2.13. The van der Waals surface area contributed by atoms with Crippen molar-refractivity contribution in [2.24, 2.45) is 0 Å². The van der Waals surface area contributed by atoms with Gasteiger partial charge in [-0.25, -0.2) is 14.2 Å². The molecule has 0 aromatic carbocycles. The molecule has 0 atom stereocenters. The number of hydrogen-bond acceptors (Lipinski definition) is 5. The van der Waals surface area contributed by atoms with Crippen molar-refractivity contribution >= 4 is 5.97 Å². The molecular weight excluding hydrogens is 205 g/mol. The zero-order valence-corrected chi connectivity index (χ0v) is 7.22. The Labute approximate surface area is 82.4 Å². The fraction of sp³-hybridized carbons (Fsp3) is 0. The van der Waals surface area contributed by atoms with Gasteiger partial charge in [0.25, 0.3) is 5.89 Å². The third-order valence-electron chi connectivity index (χ3n) is 1.55. The average Bonchev–Trinajstić information content (AvgIpc) is 2.68. The van der Waals surface area contributed by atoms with Gasteiger partial charge in [0, 0.05) is 0 Å². The second-order valence-corrected chi connectivity index (χ2v) is 2.58. The molecule has 0 saturated heterocycles. The number of carboxylic acid groups (broad SMARTS) is 1.